The van der Waals surface area contributed by atoms with Crippen LogP contribution in [0.25, 0.3) is 0 Å². The van der Waals surface area contributed by atoms with Crippen molar-refractivity contribution < 1.29 is 62.2 Å². The van der Waals surface area contributed by atoms with Gasteiger partial charge in [0, 0.05) is 13.1 Å². The number of rotatable bonds is 11. The van der Waals surface area contributed by atoms with Crippen molar-refractivity contribution in [2.45, 2.75) is 0 Å². The van der Waals surface area contributed by atoms with Gasteiger partial charge in [0.15, 0.2) is 10.3 Å². The molecule has 0 unspecified atom stereocenters. The third-order valence-electron chi connectivity index (χ3n) is 1.76. The van der Waals surface area contributed by atoms with Crippen molar-refractivity contribution in [3.05, 3.63) is 0 Å². The summed E-state index contributed by atoms with van der Waals surface area (Å²) in [6.07, 6.45) is 0. The summed E-state index contributed by atoms with van der Waals surface area (Å²) in [5, 5.41) is 16.9. The Bertz CT molecular complexity index is 263. The van der Waals surface area contributed by atoms with E-state index >= 15 is 0 Å². The Hall–Kier alpha value is 0.710. The van der Waals surface area contributed by atoms with Gasteiger partial charge in [-0.2, -0.15) is 0 Å². The Morgan fingerprint density at radius 1 is 0.944 bits per heavy atom. The molecule has 2 N–H and O–H groups in total. The monoisotopic (exact) mass is 295 g/mol. The fourth-order valence-corrected chi connectivity index (χ4v) is 1.60. The molecule has 0 radical (unpaired) electrons. The van der Waals surface area contributed by atoms with Gasteiger partial charge in [0.25, 0.3) is 0 Å². The average molecular weight is 295 g/mol. The van der Waals surface area contributed by atoms with Crippen LogP contribution < -0.4 is 29.6 Å². The zero-order valence-electron chi connectivity index (χ0n) is 10.4. The van der Waals surface area contributed by atoms with Gasteiger partial charge in [0.2, 0.25) is 0 Å². The average Bonchev–Trinajstić information content (AvgIpc) is 2.25. The molecule has 8 nitrogen and oxygen atoms in total. The molecular formula is C8H18NNaO7S. The Morgan fingerprint density at radius 2 is 1.33 bits per heavy atom. The standard InChI is InChI=1S/C8H19NO7S.Na/c10-3-7-15-5-1-9(17(12,13)14)2-6-16-8-4-11;/h10-11H,1-8H2,(H,12,13,14);/q;+1/p-1. The molecule has 0 amide bonds. The van der Waals surface area contributed by atoms with Crippen LogP contribution in [0.2, 0.25) is 0 Å². The van der Waals surface area contributed by atoms with E-state index in [0.29, 0.717) is 4.31 Å². The first-order valence-corrected chi connectivity index (χ1v) is 6.47. The summed E-state index contributed by atoms with van der Waals surface area (Å²) < 4.78 is 42.9. The number of hydrogen-bond acceptors (Lipinski definition) is 7. The minimum absolute atomic E-state index is 0. The van der Waals surface area contributed by atoms with E-state index in [-0.39, 0.29) is 82.3 Å². The second-order valence-electron chi connectivity index (χ2n) is 3.03. The van der Waals surface area contributed by atoms with Gasteiger partial charge in [-0.15, -0.1) is 0 Å². The zero-order valence-corrected chi connectivity index (χ0v) is 13.3. The van der Waals surface area contributed by atoms with Crippen molar-refractivity contribution >= 4 is 10.3 Å². The summed E-state index contributed by atoms with van der Waals surface area (Å²) >= 11 is 0. The first-order valence-electron chi connectivity index (χ1n) is 5.10. The van der Waals surface area contributed by atoms with Gasteiger partial charge in [-0.3, -0.25) is 0 Å². The van der Waals surface area contributed by atoms with Crippen LogP contribution in [0.1, 0.15) is 0 Å². The maximum absolute atomic E-state index is 10.8. The Balaban J connectivity index is 0. The zero-order chi connectivity index (χ0) is 13.1. The summed E-state index contributed by atoms with van der Waals surface area (Å²) in [4.78, 5) is 0. The van der Waals surface area contributed by atoms with E-state index < -0.39 is 10.3 Å². The van der Waals surface area contributed by atoms with E-state index in [1.165, 1.54) is 0 Å². The normalized spacial score (nSPS) is 11.6. The number of aliphatic hydroxyl groups is 2. The topological polar surface area (TPSA) is 119 Å². The number of aliphatic hydroxyl groups excluding tert-OH is 2. The molecule has 10 heteroatoms. The first kappa shape index (κ1) is 21.0. The Kier molecular flexibility index (Phi) is 14.9. The fraction of sp³-hybridized carbons (Fsp3) is 1.00. The van der Waals surface area contributed by atoms with Crippen LogP contribution in [0.3, 0.4) is 0 Å². The van der Waals surface area contributed by atoms with Crippen molar-refractivity contribution in [1.29, 1.82) is 0 Å². The van der Waals surface area contributed by atoms with Crippen LogP contribution in [0.15, 0.2) is 0 Å². The summed E-state index contributed by atoms with van der Waals surface area (Å²) in [7, 11) is -4.54. The van der Waals surface area contributed by atoms with Crippen LogP contribution >= 0.6 is 0 Å². The molecule has 0 aromatic heterocycles. The maximum atomic E-state index is 10.8. The molecule has 0 aliphatic rings. The maximum Gasteiger partial charge on any atom is 1.00 e. The second-order valence-corrected chi connectivity index (χ2v) is 4.40. The van der Waals surface area contributed by atoms with Gasteiger partial charge < -0.3 is 24.2 Å². The summed E-state index contributed by atoms with van der Waals surface area (Å²) in [6, 6.07) is 0. The van der Waals surface area contributed by atoms with E-state index in [1.807, 2.05) is 0 Å². The van der Waals surface area contributed by atoms with Crippen molar-refractivity contribution in [3.8, 4) is 0 Å². The largest absolute Gasteiger partial charge is 1.00 e. The van der Waals surface area contributed by atoms with Gasteiger partial charge in [0.05, 0.1) is 39.6 Å². The summed E-state index contributed by atoms with van der Waals surface area (Å²) in [5.74, 6) is 0. The SMILES string of the molecule is O=S(=O)([O-])N(CCOCCO)CCOCCO.[Na+]. The van der Waals surface area contributed by atoms with Crippen molar-refractivity contribution in [2.24, 2.45) is 0 Å². The van der Waals surface area contributed by atoms with Gasteiger partial charge in [0.1, 0.15) is 0 Å². The van der Waals surface area contributed by atoms with Crippen LogP contribution in [0, 0.1) is 0 Å². The minimum atomic E-state index is -4.54. The molecule has 0 bridgehead atoms. The van der Waals surface area contributed by atoms with Crippen molar-refractivity contribution in [2.75, 3.05) is 52.7 Å². The van der Waals surface area contributed by atoms with Crippen molar-refractivity contribution in [1.82, 2.24) is 4.31 Å². The Labute approximate surface area is 129 Å². The molecule has 0 rings (SSSR count). The smallest absolute Gasteiger partial charge is 0.735 e. The molecule has 0 aliphatic carbocycles. The second kappa shape index (κ2) is 12.7. The number of ether oxygens (including phenoxy) is 2. The fourth-order valence-electron chi connectivity index (χ4n) is 1.00. The molecule has 0 aliphatic heterocycles. The van der Waals surface area contributed by atoms with Gasteiger partial charge in [-0.25, -0.2) is 12.7 Å². The molecule has 0 saturated carbocycles. The van der Waals surface area contributed by atoms with Gasteiger partial charge in [-0.1, -0.05) is 0 Å². The summed E-state index contributed by atoms with van der Waals surface area (Å²) in [5.41, 5.74) is 0. The molecular weight excluding hydrogens is 277 g/mol. The predicted molar refractivity (Wildman–Crippen MR) is 57.1 cm³/mol. The summed E-state index contributed by atoms with van der Waals surface area (Å²) in [6.45, 7) is -0.262. The van der Waals surface area contributed by atoms with E-state index in [0.717, 1.165) is 0 Å². The van der Waals surface area contributed by atoms with Crippen LogP contribution in [-0.4, -0.2) is 80.2 Å². The molecule has 0 heterocycles. The molecule has 0 atom stereocenters. The van der Waals surface area contributed by atoms with E-state index in [2.05, 4.69) is 0 Å². The molecule has 0 fully saturated rings. The van der Waals surface area contributed by atoms with E-state index in [9.17, 15) is 13.0 Å². The van der Waals surface area contributed by atoms with Crippen LogP contribution in [0.5, 0.6) is 0 Å². The first-order chi connectivity index (χ1) is 8.02. The molecule has 0 aromatic rings. The quantitative estimate of drug-likeness (QED) is 0.222. The molecule has 0 saturated heterocycles. The molecule has 0 spiro atoms. The van der Waals surface area contributed by atoms with Gasteiger partial charge in [-0.05, 0) is 0 Å². The van der Waals surface area contributed by atoms with Crippen LogP contribution in [0.4, 0.5) is 0 Å². The predicted octanol–water partition coefficient (Wildman–Crippen LogP) is -5.23. The third kappa shape index (κ3) is 11.8. The molecule has 104 valence electrons. The molecule has 0 aromatic carbocycles. The van der Waals surface area contributed by atoms with Crippen molar-refractivity contribution in [3.63, 3.8) is 0 Å². The van der Waals surface area contributed by atoms with Crippen LogP contribution in [-0.2, 0) is 19.8 Å². The third-order valence-corrected chi connectivity index (χ3v) is 2.76. The van der Waals surface area contributed by atoms with Gasteiger partial charge >= 0.3 is 29.6 Å². The molecule has 18 heavy (non-hydrogen) atoms. The number of nitrogens with zero attached hydrogens (tertiary/aromatic N) is 1. The van der Waals surface area contributed by atoms with E-state index in [1.54, 1.807) is 0 Å². The minimum Gasteiger partial charge on any atom is -0.735 e. The Morgan fingerprint density at radius 3 is 1.61 bits per heavy atom. The number of hydrogen-bond donors (Lipinski definition) is 2. The van der Waals surface area contributed by atoms with E-state index in [4.69, 9.17) is 19.7 Å².